The number of hydrogen-bond acceptors (Lipinski definition) is 4. The Kier molecular flexibility index (Phi) is 3.71. The van der Waals surface area contributed by atoms with Crippen LogP contribution in [-0.4, -0.2) is 19.7 Å². The first-order chi connectivity index (χ1) is 11.3. The molecule has 23 heavy (non-hydrogen) atoms. The number of nitrogens with zero attached hydrogens (tertiary/aromatic N) is 4. The maximum absolute atomic E-state index is 5.89. The molecule has 1 aliphatic rings. The SMILES string of the molecule is Clc1ccc(Nc2ccc(-c3nnc4n3CCCC4)cn2)cc1. The highest BCUT2D eigenvalue weighted by molar-refractivity contribution is 6.30. The standard InChI is InChI=1S/C17H16ClN5/c18-13-5-7-14(8-6-13)20-15-9-4-12(11-19-15)17-22-21-16-3-1-2-10-23(16)17/h4-9,11H,1-3,10H2,(H,19,20). The Labute approximate surface area is 139 Å². The van der Waals surface area contributed by atoms with Gasteiger partial charge in [-0.1, -0.05) is 11.6 Å². The molecule has 0 radical (unpaired) electrons. The summed E-state index contributed by atoms with van der Waals surface area (Å²) in [4.78, 5) is 4.48. The van der Waals surface area contributed by atoms with E-state index in [4.69, 9.17) is 11.6 Å². The van der Waals surface area contributed by atoms with Gasteiger partial charge in [0, 0.05) is 35.4 Å². The largest absolute Gasteiger partial charge is 0.340 e. The van der Waals surface area contributed by atoms with Crippen LogP contribution in [0.1, 0.15) is 18.7 Å². The lowest BCUT2D eigenvalue weighted by atomic mass is 10.1. The number of fused-ring (bicyclic) bond motifs is 1. The van der Waals surface area contributed by atoms with Crippen LogP contribution in [0.2, 0.25) is 5.02 Å². The first-order valence-electron chi connectivity index (χ1n) is 7.71. The predicted octanol–water partition coefficient (Wildman–Crippen LogP) is 4.07. The molecule has 5 nitrogen and oxygen atoms in total. The Balaban J connectivity index is 1.56. The van der Waals surface area contributed by atoms with Crippen molar-refractivity contribution in [2.24, 2.45) is 0 Å². The van der Waals surface area contributed by atoms with Gasteiger partial charge in [0.2, 0.25) is 0 Å². The molecule has 0 fully saturated rings. The third kappa shape index (κ3) is 2.92. The molecule has 6 heteroatoms. The van der Waals surface area contributed by atoms with E-state index in [1.807, 2.05) is 42.6 Å². The first-order valence-corrected chi connectivity index (χ1v) is 8.08. The van der Waals surface area contributed by atoms with Crippen molar-refractivity contribution in [2.75, 3.05) is 5.32 Å². The second kappa shape index (κ2) is 6.01. The van der Waals surface area contributed by atoms with Crippen LogP contribution in [0.5, 0.6) is 0 Å². The van der Waals surface area contributed by atoms with Gasteiger partial charge in [-0.25, -0.2) is 4.98 Å². The van der Waals surface area contributed by atoms with Gasteiger partial charge < -0.3 is 9.88 Å². The van der Waals surface area contributed by atoms with Crippen molar-refractivity contribution < 1.29 is 0 Å². The monoisotopic (exact) mass is 325 g/mol. The lowest BCUT2D eigenvalue weighted by Crippen LogP contribution is -2.11. The number of hydrogen-bond donors (Lipinski definition) is 1. The average molecular weight is 326 g/mol. The summed E-state index contributed by atoms with van der Waals surface area (Å²) in [5, 5.41) is 12.6. The van der Waals surface area contributed by atoms with E-state index in [9.17, 15) is 0 Å². The van der Waals surface area contributed by atoms with E-state index in [2.05, 4.69) is 25.1 Å². The highest BCUT2D eigenvalue weighted by Gasteiger charge is 2.16. The quantitative estimate of drug-likeness (QED) is 0.788. The Morgan fingerprint density at radius 1 is 1.00 bits per heavy atom. The molecule has 3 aromatic rings. The molecular weight excluding hydrogens is 310 g/mol. The maximum atomic E-state index is 5.89. The number of anilines is 2. The van der Waals surface area contributed by atoms with Crippen molar-refractivity contribution in [3.8, 4) is 11.4 Å². The van der Waals surface area contributed by atoms with E-state index < -0.39 is 0 Å². The van der Waals surface area contributed by atoms with Gasteiger partial charge in [-0.15, -0.1) is 10.2 Å². The molecule has 1 N–H and O–H groups in total. The predicted molar refractivity (Wildman–Crippen MR) is 90.9 cm³/mol. The molecule has 0 saturated carbocycles. The number of nitrogens with one attached hydrogen (secondary N) is 1. The van der Waals surface area contributed by atoms with Gasteiger partial charge in [-0.2, -0.15) is 0 Å². The summed E-state index contributed by atoms with van der Waals surface area (Å²) in [6, 6.07) is 11.5. The zero-order valence-corrected chi connectivity index (χ0v) is 13.3. The molecule has 3 heterocycles. The molecule has 116 valence electrons. The van der Waals surface area contributed by atoms with Crippen molar-refractivity contribution >= 4 is 23.1 Å². The normalized spacial score (nSPS) is 13.6. The summed E-state index contributed by atoms with van der Waals surface area (Å²) in [5.74, 6) is 2.77. The van der Waals surface area contributed by atoms with E-state index in [0.717, 1.165) is 46.7 Å². The van der Waals surface area contributed by atoms with Gasteiger partial charge >= 0.3 is 0 Å². The molecule has 0 atom stereocenters. The molecular formula is C17H16ClN5. The second-order valence-electron chi connectivity index (χ2n) is 5.61. The minimum absolute atomic E-state index is 0.718. The van der Waals surface area contributed by atoms with E-state index >= 15 is 0 Å². The van der Waals surface area contributed by atoms with Gasteiger partial charge in [0.15, 0.2) is 5.82 Å². The van der Waals surface area contributed by atoms with Crippen molar-refractivity contribution in [2.45, 2.75) is 25.8 Å². The molecule has 0 saturated heterocycles. The number of halogens is 1. The summed E-state index contributed by atoms with van der Waals surface area (Å²) in [7, 11) is 0. The van der Waals surface area contributed by atoms with Crippen LogP contribution in [0.15, 0.2) is 42.6 Å². The van der Waals surface area contributed by atoms with Gasteiger partial charge in [0.05, 0.1) is 0 Å². The smallest absolute Gasteiger partial charge is 0.165 e. The van der Waals surface area contributed by atoms with Crippen LogP contribution in [0, 0.1) is 0 Å². The minimum atomic E-state index is 0.718. The summed E-state index contributed by atoms with van der Waals surface area (Å²) >= 11 is 5.89. The Morgan fingerprint density at radius 3 is 2.65 bits per heavy atom. The summed E-state index contributed by atoms with van der Waals surface area (Å²) in [6.45, 7) is 0.989. The van der Waals surface area contributed by atoms with Gasteiger partial charge in [-0.3, -0.25) is 0 Å². The van der Waals surface area contributed by atoms with E-state index in [1.165, 1.54) is 12.8 Å². The summed E-state index contributed by atoms with van der Waals surface area (Å²) in [6.07, 6.45) is 5.22. The van der Waals surface area contributed by atoms with Crippen molar-refractivity contribution in [1.82, 2.24) is 19.7 Å². The third-order valence-electron chi connectivity index (χ3n) is 4.00. The van der Waals surface area contributed by atoms with E-state index in [0.29, 0.717) is 0 Å². The molecule has 0 amide bonds. The van der Waals surface area contributed by atoms with Crippen LogP contribution in [0.4, 0.5) is 11.5 Å². The van der Waals surface area contributed by atoms with Gasteiger partial charge in [-0.05, 0) is 49.2 Å². The fourth-order valence-electron chi connectivity index (χ4n) is 2.80. The summed E-state index contributed by atoms with van der Waals surface area (Å²) in [5.41, 5.74) is 1.95. The van der Waals surface area contributed by atoms with Crippen LogP contribution < -0.4 is 5.32 Å². The van der Waals surface area contributed by atoms with Crippen LogP contribution in [0.3, 0.4) is 0 Å². The fraction of sp³-hybridized carbons (Fsp3) is 0.235. The maximum Gasteiger partial charge on any atom is 0.165 e. The summed E-state index contributed by atoms with van der Waals surface area (Å²) < 4.78 is 2.20. The average Bonchev–Trinajstić information content (AvgIpc) is 3.02. The zero-order chi connectivity index (χ0) is 15.6. The number of pyridine rings is 1. The van der Waals surface area contributed by atoms with Gasteiger partial charge in [0.25, 0.3) is 0 Å². The Hall–Kier alpha value is -2.40. The molecule has 1 aromatic carbocycles. The molecule has 4 rings (SSSR count). The number of aromatic nitrogens is 4. The van der Waals surface area contributed by atoms with Crippen molar-refractivity contribution in [3.05, 3.63) is 53.4 Å². The molecule has 0 bridgehead atoms. The zero-order valence-electron chi connectivity index (χ0n) is 12.5. The molecule has 0 spiro atoms. The topological polar surface area (TPSA) is 55.6 Å². The molecule has 2 aromatic heterocycles. The Bertz CT molecular complexity index is 808. The molecule has 1 aliphatic heterocycles. The van der Waals surface area contributed by atoms with Gasteiger partial charge in [0.1, 0.15) is 11.6 Å². The van der Waals surface area contributed by atoms with Crippen molar-refractivity contribution in [3.63, 3.8) is 0 Å². The van der Waals surface area contributed by atoms with E-state index in [-0.39, 0.29) is 0 Å². The van der Waals surface area contributed by atoms with E-state index in [1.54, 1.807) is 0 Å². The number of rotatable bonds is 3. The highest BCUT2D eigenvalue weighted by atomic mass is 35.5. The lowest BCUT2D eigenvalue weighted by Gasteiger charge is -2.14. The van der Waals surface area contributed by atoms with Crippen molar-refractivity contribution in [1.29, 1.82) is 0 Å². The first kappa shape index (κ1) is 14.2. The minimum Gasteiger partial charge on any atom is -0.340 e. The highest BCUT2D eigenvalue weighted by Crippen LogP contribution is 2.24. The van der Waals surface area contributed by atoms with Crippen LogP contribution in [0.25, 0.3) is 11.4 Å². The Morgan fingerprint density at radius 2 is 1.87 bits per heavy atom. The molecule has 0 unspecified atom stereocenters. The third-order valence-corrected chi connectivity index (χ3v) is 4.25. The van der Waals surface area contributed by atoms with Crippen LogP contribution >= 0.6 is 11.6 Å². The molecule has 0 aliphatic carbocycles. The van der Waals surface area contributed by atoms with Crippen LogP contribution in [-0.2, 0) is 13.0 Å². The number of aryl methyl sites for hydroxylation is 1. The number of benzene rings is 1. The lowest BCUT2D eigenvalue weighted by molar-refractivity contribution is 0.526. The fourth-order valence-corrected chi connectivity index (χ4v) is 2.93. The second-order valence-corrected chi connectivity index (χ2v) is 6.05.